The Morgan fingerprint density at radius 1 is 0.396 bits per heavy atom. The number of imidazole rings is 1. The molecular formula is C45H31N3. The summed E-state index contributed by atoms with van der Waals surface area (Å²) in [4.78, 5) is 10.9. The fraction of sp³-hybridized carbons (Fsp3) is 0. The summed E-state index contributed by atoms with van der Waals surface area (Å²) in [6, 6.07) is 64.6. The normalized spacial score (nSPS) is 11.3. The number of anilines is 3. The van der Waals surface area contributed by atoms with Gasteiger partial charge in [-0.2, -0.15) is 0 Å². The molecule has 0 atom stereocenters. The van der Waals surface area contributed by atoms with Crippen LogP contribution in [0.15, 0.2) is 182 Å². The summed E-state index contributed by atoms with van der Waals surface area (Å²) in [5, 5.41) is 4.82. The van der Waals surface area contributed by atoms with E-state index in [1.54, 1.807) is 0 Å². The second-order valence-corrected chi connectivity index (χ2v) is 12.1. The second kappa shape index (κ2) is 11.7. The van der Waals surface area contributed by atoms with Crippen molar-refractivity contribution in [3.8, 4) is 33.6 Å². The first kappa shape index (κ1) is 27.8. The Kier molecular flexibility index (Phi) is 6.80. The van der Waals surface area contributed by atoms with Crippen molar-refractivity contribution in [1.29, 1.82) is 0 Å². The maximum atomic E-state index is 4.96. The highest BCUT2D eigenvalue weighted by Crippen LogP contribution is 2.38. The Labute approximate surface area is 279 Å². The van der Waals surface area contributed by atoms with Crippen LogP contribution in [0.1, 0.15) is 0 Å². The molecule has 226 valence electrons. The van der Waals surface area contributed by atoms with Crippen molar-refractivity contribution in [2.24, 2.45) is 0 Å². The maximum absolute atomic E-state index is 4.96. The Balaban J connectivity index is 1.11. The van der Waals surface area contributed by atoms with Crippen molar-refractivity contribution in [3.05, 3.63) is 182 Å². The third-order valence-corrected chi connectivity index (χ3v) is 9.21. The molecular weight excluding hydrogens is 583 g/mol. The topological polar surface area (TPSA) is 31.9 Å². The lowest BCUT2D eigenvalue weighted by atomic mass is 9.96. The second-order valence-electron chi connectivity index (χ2n) is 12.1. The van der Waals surface area contributed by atoms with Crippen molar-refractivity contribution in [2.75, 3.05) is 4.90 Å². The first-order chi connectivity index (χ1) is 23.8. The standard InChI is InChI=1S/C45H31N3/c1-4-10-31(11-5-1)32-20-25-39(26-21-32)48(38-14-8-3-9-15-38)40-27-22-33(23-28-40)37-19-17-34-16-18-35-24-29-42-44(43(35)41(34)30-37)47-45(46-42)36-12-6-2-7-13-36/h1-30H,(H,46,47). The predicted octanol–water partition coefficient (Wildman–Crippen LogP) is 12.3. The summed E-state index contributed by atoms with van der Waals surface area (Å²) in [6.45, 7) is 0. The van der Waals surface area contributed by atoms with E-state index in [2.05, 4.69) is 174 Å². The van der Waals surface area contributed by atoms with E-state index >= 15 is 0 Å². The summed E-state index contributed by atoms with van der Waals surface area (Å²) in [6.07, 6.45) is 0. The lowest BCUT2D eigenvalue weighted by Gasteiger charge is -2.26. The number of H-pyrrole nitrogens is 1. The first-order valence-corrected chi connectivity index (χ1v) is 16.3. The SMILES string of the molecule is c1ccc(-c2ccc(N(c3ccccc3)c3ccc(-c4ccc5ccc6ccc7nc(-c8ccccc8)[nH]c7c6c5c4)cc3)cc2)cc1. The van der Waals surface area contributed by atoms with Crippen molar-refractivity contribution in [1.82, 2.24) is 9.97 Å². The molecule has 0 radical (unpaired) electrons. The molecule has 0 unspecified atom stereocenters. The Morgan fingerprint density at radius 2 is 0.875 bits per heavy atom. The molecule has 0 amide bonds. The van der Waals surface area contributed by atoms with Crippen LogP contribution in [0.5, 0.6) is 0 Å². The van der Waals surface area contributed by atoms with Crippen molar-refractivity contribution < 1.29 is 0 Å². The lowest BCUT2D eigenvalue weighted by molar-refractivity contribution is 1.28. The van der Waals surface area contributed by atoms with Crippen LogP contribution in [0.4, 0.5) is 17.1 Å². The van der Waals surface area contributed by atoms with Crippen molar-refractivity contribution in [2.45, 2.75) is 0 Å². The molecule has 9 aromatic rings. The van der Waals surface area contributed by atoms with Crippen LogP contribution >= 0.6 is 0 Å². The van der Waals surface area contributed by atoms with Gasteiger partial charge in [-0.25, -0.2) is 4.98 Å². The summed E-state index contributed by atoms with van der Waals surface area (Å²) in [5.74, 6) is 0.888. The molecule has 48 heavy (non-hydrogen) atoms. The molecule has 0 bridgehead atoms. The molecule has 3 nitrogen and oxygen atoms in total. The molecule has 1 heterocycles. The highest BCUT2D eigenvalue weighted by atomic mass is 15.1. The van der Waals surface area contributed by atoms with Gasteiger partial charge in [0, 0.05) is 28.0 Å². The maximum Gasteiger partial charge on any atom is 0.138 e. The van der Waals surface area contributed by atoms with E-state index in [9.17, 15) is 0 Å². The van der Waals surface area contributed by atoms with Crippen molar-refractivity contribution >= 4 is 49.6 Å². The zero-order valence-corrected chi connectivity index (χ0v) is 26.2. The van der Waals surface area contributed by atoms with Crippen LogP contribution in [0.3, 0.4) is 0 Å². The van der Waals surface area contributed by atoms with Crippen molar-refractivity contribution in [3.63, 3.8) is 0 Å². The lowest BCUT2D eigenvalue weighted by Crippen LogP contribution is -2.09. The fourth-order valence-electron chi connectivity index (χ4n) is 6.79. The van der Waals surface area contributed by atoms with E-state index in [1.807, 2.05) is 18.2 Å². The van der Waals surface area contributed by atoms with Gasteiger partial charge >= 0.3 is 0 Å². The van der Waals surface area contributed by atoms with Gasteiger partial charge in [-0.3, -0.25) is 0 Å². The third-order valence-electron chi connectivity index (χ3n) is 9.21. The summed E-state index contributed by atoms with van der Waals surface area (Å²) < 4.78 is 0. The zero-order chi connectivity index (χ0) is 31.9. The van der Waals surface area contributed by atoms with E-state index in [0.717, 1.165) is 39.5 Å². The van der Waals surface area contributed by atoms with Gasteiger partial charge < -0.3 is 9.88 Å². The number of hydrogen-bond acceptors (Lipinski definition) is 2. The van der Waals surface area contributed by atoms with Crippen LogP contribution in [-0.4, -0.2) is 9.97 Å². The molecule has 0 saturated heterocycles. The van der Waals surface area contributed by atoms with Gasteiger partial charge in [-0.1, -0.05) is 133 Å². The molecule has 0 aliphatic heterocycles. The Morgan fingerprint density at radius 3 is 1.54 bits per heavy atom. The highest BCUT2D eigenvalue weighted by Gasteiger charge is 2.15. The minimum Gasteiger partial charge on any atom is -0.337 e. The van der Waals surface area contributed by atoms with Gasteiger partial charge in [0.1, 0.15) is 5.82 Å². The molecule has 1 aromatic heterocycles. The molecule has 0 fully saturated rings. The molecule has 8 aromatic carbocycles. The number of rotatable bonds is 6. The molecule has 0 aliphatic carbocycles. The highest BCUT2D eigenvalue weighted by molar-refractivity contribution is 6.19. The molecule has 0 saturated carbocycles. The minimum atomic E-state index is 0.888. The van der Waals surface area contributed by atoms with Gasteiger partial charge in [0.25, 0.3) is 0 Å². The monoisotopic (exact) mass is 613 g/mol. The van der Waals surface area contributed by atoms with Gasteiger partial charge in [0.05, 0.1) is 11.0 Å². The van der Waals surface area contributed by atoms with E-state index in [4.69, 9.17) is 4.98 Å². The van der Waals surface area contributed by atoms with Gasteiger partial charge in [0.15, 0.2) is 0 Å². The number of para-hydroxylation sites is 1. The quantitative estimate of drug-likeness (QED) is 0.189. The van der Waals surface area contributed by atoms with E-state index in [-0.39, 0.29) is 0 Å². The third kappa shape index (κ3) is 4.99. The van der Waals surface area contributed by atoms with E-state index in [1.165, 1.54) is 43.8 Å². The molecule has 9 rings (SSSR count). The first-order valence-electron chi connectivity index (χ1n) is 16.3. The zero-order valence-electron chi connectivity index (χ0n) is 26.2. The van der Waals surface area contributed by atoms with Crippen LogP contribution in [0, 0.1) is 0 Å². The van der Waals surface area contributed by atoms with E-state index < -0.39 is 0 Å². The average Bonchev–Trinajstić information content (AvgIpc) is 3.61. The largest absolute Gasteiger partial charge is 0.337 e. The number of hydrogen-bond donors (Lipinski definition) is 1. The van der Waals surface area contributed by atoms with Crippen LogP contribution in [-0.2, 0) is 0 Å². The Hall–Kier alpha value is -6.45. The Bertz CT molecular complexity index is 2520. The molecule has 0 spiro atoms. The number of aromatic nitrogens is 2. The number of nitrogens with zero attached hydrogens (tertiary/aromatic N) is 2. The van der Waals surface area contributed by atoms with Gasteiger partial charge in [-0.05, 0) is 86.9 Å². The van der Waals surface area contributed by atoms with Crippen LogP contribution in [0.2, 0.25) is 0 Å². The average molecular weight is 614 g/mol. The minimum absolute atomic E-state index is 0.888. The van der Waals surface area contributed by atoms with Crippen LogP contribution < -0.4 is 4.90 Å². The van der Waals surface area contributed by atoms with Gasteiger partial charge in [-0.15, -0.1) is 0 Å². The number of aromatic amines is 1. The number of benzene rings is 8. The van der Waals surface area contributed by atoms with E-state index in [0.29, 0.717) is 0 Å². The summed E-state index contributed by atoms with van der Waals surface area (Å²) in [7, 11) is 0. The number of nitrogens with one attached hydrogen (secondary N) is 1. The molecule has 3 heteroatoms. The molecule has 1 N–H and O–H groups in total. The summed E-state index contributed by atoms with van der Waals surface area (Å²) >= 11 is 0. The smallest absolute Gasteiger partial charge is 0.138 e. The van der Waals surface area contributed by atoms with Gasteiger partial charge in [0.2, 0.25) is 0 Å². The predicted molar refractivity (Wildman–Crippen MR) is 202 cm³/mol. The fourth-order valence-corrected chi connectivity index (χ4v) is 6.79. The summed E-state index contributed by atoms with van der Waals surface area (Å²) in [5.41, 5.74) is 11.2. The van der Waals surface area contributed by atoms with Crippen LogP contribution in [0.25, 0.3) is 66.2 Å². The number of fused-ring (bicyclic) bond motifs is 5. The molecule has 0 aliphatic rings.